The molecule has 1 heterocycles. The van der Waals surface area contributed by atoms with Crippen molar-refractivity contribution in [3.63, 3.8) is 0 Å². The van der Waals surface area contributed by atoms with E-state index in [0.717, 1.165) is 5.56 Å². The molecule has 2 amide bonds. The molecule has 4 aromatic rings. The number of benzene rings is 4. The minimum absolute atomic E-state index is 0.0378. The van der Waals surface area contributed by atoms with Crippen LogP contribution in [0.5, 0.6) is 11.5 Å². The number of nitrogens with zero attached hydrogens (tertiary/aromatic N) is 2. The lowest BCUT2D eigenvalue weighted by molar-refractivity contribution is -0.134. The molecule has 0 bridgehead atoms. The van der Waals surface area contributed by atoms with Crippen molar-refractivity contribution >= 4 is 38.9 Å². The molecule has 0 radical (unpaired) electrons. The van der Waals surface area contributed by atoms with Crippen LogP contribution < -0.4 is 25.2 Å². The number of amides is 2. The number of carbonyl (C=O) groups excluding carboxylic acids is 2. The summed E-state index contributed by atoms with van der Waals surface area (Å²) in [5.74, 6) is 0.435. The summed E-state index contributed by atoms with van der Waals surface area (Å²) in [7, 11) is -0.453. The Balaban J connectivity index is 1.33. The van der Waals surface area contributed by atoms with E-state index in [-0.39, 0.29) is 47.4 Å². The second-order valence-corrected chi connectivity index (χ2v) is 14.6. The molecular formula is C38H45N5O7S. The van der Waals surface area contributed by atoms with Crippen molar-refractivity contribution in [3.05, 3.63) is 108 Å². The van der Waals surface area contributed by atoms with Crippen molar-refractivity contribution in [3.8, 4) is 11.5 Å². The Kier molecular flexibility index (Phi) is 11.9. The van der Waals surface area contributed by atoms with Gasteiger partial charge in [-0.3, -0.25) is 19.2 Å². The predicted molar refractivity (Wildman–Crippen MR) is 197 cm³/mol. The molecule has 0 aromatic heterocycles. The third-order valence-corrected chi connectivity index (χ3v) is 10.3. The lowest BCUT2D eigenvalue weighted by atomic mass is 10.0. The van der Waals surface area contributed by atoms with Gasteiger partial charge in [-0.2, -0.15) is 0 Å². The Morgan fingerprint density at radius 3 is 2.45 bits per heavy atom. The summed E-state index contributed by atoms with van der Waals surface area (Å²) in [6.45, 7) is 5.03. The van der Waals surface area contributed by atoms with E-state index in [1.165, 1.54) is 19.2 Å². The van der Waals surface area contributed by atoms with E-state index >= 15 is 0 Å². The molecule has 270 valence electrons. The largest absolute Gasteiger partial charge is 0.497 e. The Morgan fingerprint density at radius 2 is 1.78 bits per heavy atom. The van der Waals surface area contributed by atoms with E-state index in [1.807, 2.05) is 26.1 Å². The molecule has 4 aromatic carbocycles. The number of aliphatic hydroxyl groups is 1. The van der Waals surface area contributed by atoms with E-state index in [4.69, 9.17) is 15.2 Å². The van der Waals surface area contributed by atoms with Gasteiger partial charge in [0, 0.05) is 42.4 Å². The molecule has 0 unspecified atom stereocenters. The van der Waals surface area contributed by atoms with E-state index < -0.39 is 16.1 Å². The number of hydrogen-bond acceptors (Lipinski definition) is 9. The highest BCUT2D eigenvalue weighted by molar-refractivity contribution is 7.92. The van der Waals surface area contributed by atoms with Gasteiger partial charge in [0.2, 0.25) is 5.91 Å². The van der Waals surface area contributed by atoms with Gasteiger partial charge in [0.1, 0.15) is 17.6 Å². The number of nitrogens with two attached hydrogens (primary N) is 1. The van der Waals surface area contributed by atoms with Crippen molar-refractivity contribution in [2.75, 3.05) is 49.6 Å². The van der Waals surface area contributed by atoms with Crippen LogP contribution in [0.4, 0.5) is 17.1 Å². The summed E-state index contributed by atoms with van der Waals surface area (Å²) in [6, 6.07) is 25.0. The topological polar surface area (TPSA) is 164 Å². The number of fused-ring (bicyclic) bond motifs is 1. The Labute approximate surface area is 299 Å². The van der Waals surface area contributed by atoms with Gasteiger partial charge in [-0.1, -0.05) is 31.2 Å². The fourth-order valence-corrected chi connectivity index (χ4v) is 6.98. The molecule has 0 saturated carbocycles. The molecule has 0 fully saturated rings. The summed E-state index contributed by atoms with van der Waals surface area (Å²) < 4.78 is 40.7. The molecule has 1 aliphatic heterocycles. The number of nitrogens with one attached hydrogen (secondary N) is 2. The number of nitrogen functional groups attached to an aromatic ring is 1. The average Bonchev–Trinajstić information content (AvgIpc) is 3.16. The fourth-order valence-electron chi connectivity index (χ4n) is 5.93. The van der Waals surface area contributed by atoms with Gasteiger partial charge in [-0.25, -0.2) is 8.42 Å². The number of aliphatic hydroxyl groups excluding tert-OH is 1. The van der Waals surface area contributed by atoms with Gasteiger partial charge in [-0.15, -0.1) is 0 Å². The van der Waals surface area contributed by atoms with Gasteiger partial charge < -0.3 is 30.5 Å². The quantitative estimate of drug-likeness (QED) is 0.154. The van der Waals surface area contributed by atoms with Crippen LogP contribution in [0.1, 0.15) is 35.3 Å². The van der Waals surface area contributed by atoms with Crippen LogP contribution in [0.15, 0.2) is 95.9 Å². The third-order valence-electron chi connectivity index (χ3n) is 8.91. The van der Waals surface area contributed by atoms with E-state index in [1.54, 1.807) is 78.6 Å². The number of hydrogen-bond donors (Lipinski definition) is 4. The van der Waals surface area contributed by atoms with Crippen molar-refractivity contribution in [1.82, 2.24) is 9.80 Å². The minimum Gasteiger partial charge on any atom is -0.497 e. The molecule has 51 heavy (non-hydrogen) atoms. The number of methoxy groups -OCH3 is 1. The molecule has 0 spiro atoms. The van der Waals surface area contributed by atoms with Crippen LogP contribution in [0, 0.1) is 5.92 Å². The smallest absolute Gasteiger partial charge is 0.261 e. The number of sulfonamides is 1. The van der Waals surface area contributed by atoms with Gasteiger partial charge in [0.05, 0.1) is 42.4 Å². The second-order valence-electron chi connectivity index (χ2n) is 12.9. The number of anilines is 3. The molecule has 5 rings (SSSR count). The predicted octanol–water partition coefficient (Wildman–Crippen LogP) is 4.61. The zero-order valence-electron chi connectivity index (χ0n) is 29.2. The third kappa shape index (κ3) is 9.37. The first-order valence-electron chi connectivity index (χ1n) is 16.7. The number of likely N-dealkylation sites (N-methyl/N-ethyl adjacent to an activating group) is 1. The molecule has 3 atom stereocenters. The maximum absolute atomic E-state index is 13.6. The minimum atomic E-state index is -3.93. The highest BCUT2D eigenvalue weighted by Crippen LogP contribution is 2.30. The molecule has 13 heteroatoms. The SMILES string of the molecule is COc1ccc(S(=O)(=O)Nc2ccc3c(c2)CC(=O)N([C@H](C)CO)C[C@H](C)[C@H](CN(C)Cc2ccc(C(=O)Nc4ccccc4N)cc2)O3)cc1. The van der Waals surface area contributed by atoms with E-state index in [2.05, 4.69) is 14.9 Å². The summed E-state index contributed by atoms with van der Waals surface area (Å²) in [5.41, 5.74) is 9.31. The van der Waals surface area contributed by atoms with Crippen LogP contribution >= 0.6 is 0 Å². The summed E-state index contributed by atoms with van der Waals surface area (Å²) in [4.78, 5) is 30.3. The average molecular weight is 716 g/mol. The Bertz CT molecular complexity index is 1940. The summed E-state index contributed by atoms with van der Waals surface area (Å²) in [5, 5.41) is 12.8. The van der Waals surface area contributed by atoms with Crippen LogP contribution in [0.3, 0.4) is 0 Å². The first-order valence-corrected chi connectivity index (χ1v) is 18.1. The highest BCUT2D eigenvalue weighted by Gasteiger charge is 2.31. The molecule has 0 aliphatic carbocycles. The lowest BCUT2D eigenvalue weighted by Crippen LogP contribution is -2.47. The maximum Gasteiger partial charge on any atom is 0.261 e. The van der Waals surface area contributed by atoms with E-state index in [9.17, 15) is 23.1 Å². The molecular weight excluding hydrogens is 671 g/mol. The second kappa shape index (κ2) is 16.3. The number of carbonyl (C=O) groups is 2. The van der Waals surface area contributed by atoms with Gasteiger partial charge >= 0.3 is 0 Å². The molecule has 12 nitrogen and oxygen atoms in total. The Hall–Kier alpha value is -5.11. The van der Waals surface area contributed by atoms with Gasteiger partial charge in [-0.05, 0) is 86.3 Å². The van der Waals surface area contributed by atoms with Crippen LogP contribution in [-0.2, 0) is 27.8 Å². The summed E-state index contributed by atoms with van der Waals surface area (Å²) >= 11 is 0. The molecule has 5 N–H and O–H groups in total. The molecule has 1 aliphatic rings. The van der Waals surface area contributed by atoms with E-state index in [0.29, 0.717) is 53.6 Å². The summed E-state index contributed by atoms with van der Waals surface area (Å²) in [6.07, 6.45) is -0.402. The van der Waals surface area contributed by atoms with Gasteiger partial charge in [0.25, 0.3) is 15.9 Å². The fraction of sp³-hybridized carbons (Fsp3) is 0.316. The number of rotatable bonds is 12. The zero-order chi connectivity index (χ0) is 36.7. The van der Waals surface area contributed by atoms with Crippen molar-refractivity contribution in [2.45, 2.75) is 43.9 Å². The standard InChI is InChI=1S/C38H45N5O7S/c1-25-21-43(26(2)24-44)37(45)20-29-19-30(41-51(47,48)32-16-14-31(49-4)15-17-32)13-18-35(29)50-36(25)23-42(3)22-27-9-11-28(12-10-27)38(46)40-34-8-6-5-7-33(34)39/h5-19,25-26,36,41,44H,20-24,39H2,1-4H3,(H,40,46)/t25-,26+,36-/m0/s1. The van der Waals surface area contributed by atoms with Crippen molar-refractivity contribution in [1.29, 1.82) is 0 Å². The molecule has 0 saturated heterocycles. The maximum atomic E-state index is 13.6. The number of para-hydroxylation sites is 2. The zero-order valence-corrected chi connectivity index (χ0v) is 30.0. The number of ether oxygens (including phenoxy) is 2. The first-order chi connectivity index (χ1) is 24.4. The first kappa shape index (κ1) is 37.2. The Morgan fingerprint density at radius 1 is 1.08 bits per heavy atom. The highest BCUT2D eigenvalue weighted by atomic mass is 32.2. The van der Waals surface area contributed by atoms with Crippen LogP contribution in [0.2, 0.25) is 0 Å². The van der Waals surface area contributed by atoms with Crippen molar-refractivity contribution in [2.24, 2.45) is 5.92 Å². The normalized spacial score (nSPS) is 17.0. The monoisotopic (exact) mass is 715 g/mol. The van der Waals surface area contributed by atoms with Crippen LogP contribution in [-0.4, -0.2) is 81.1 Å². The van der Waals surface area contributed by atoms with Gasteiger partial charge in [0.15, 0.2) is 0 Å². The lowest BCUT2D eigenvalue weighted by Gasteiger charge is -2.34. The van der Waals surface area contributed by atoms with Crippen LogP contribution in [0.25, 0.3) is 0 Å². The van der Waals surface area contributed by atoms with Crippen molar-refractivity contribution < 1.29 is 32.6 Å².